The Hall–Kier alpha value is -1.25. The van der Waals surface area contributed by atoms with Gasteiger partial charge in [-0.1, -0.05) is 13.8 Å². The molecule has 1 aliphatic carbocycles. The smallest absolute Gasteiger partial charge is 0.481 e. The molecule has 116 valence electrons. The minimum atomic E-state index is -5.79. The number of allylic oxidation sites excluding steroid dienone is 2. The molecule has 0 unspecified atom stereocenters. The van der Waals surface area contributed by atoms with Gasteiger partial charge in [0.15, 0.2) is 0 Å². The van der Waals surface area contributed by atoms with E-state index in [4.69, 9.17) is 5.11 Å². The lowest BCUT2D eigenvalue weighted by molar-refractivity contribution is -0.140. The molecule has 0 heterocycles. The molecule has 5 nitrogen and oxygen atoms in total. The van der Waals surface area contributed by atoms with Crippen LogP contribution in [0.25, 0.3) is 0 Å². The van der Waals surface area contributed by atoms with Crippen LogP contribution in [0, 0.1) is 11.3 Å². The third kappa shape index (κ3) is 3.25. The summed E-state index contributed by atoms with van der Waals surface area (Å²) in [6.45, 7) is 3.04. The van der Waals surface area contributed by atoms with E-state index in [0.29, 0.717) is 12.8 Å². The van der Waals surface area contributed by atoms with Gasteiger partial charge in [0.1, 0.15) is 5.76 Å². The fourth-order valence-corrected chi connectivity index (χ4v) is 2.72. The minimum Gasteiger partial charge on any atom is -0.481 e. The highest BCUT2D eigenvalue weighted by Gasteiger charge is 2.51. The molecular formula is C11H15F3O5S. The Bertz CT molecular complexity index is 523. The van der Waals surface area contributed by atoms with Gasteiger partial charge in [0, 0.05) is 5.41 Å². The Labute approximate surface area is 114 Å². The molecule has 20 heavy (non-hydrogen) atoms. The molecule has 0 aromatic heterocycles. The van der Waals surface area contributed by atoms with Gasteiger partial charge in [0.05, 0.1) is 6.42 Å². The first kappa shape index (κ1) is 16.8. The lowest BCUT2D eigenvalue weighted by Crippen LogP contribution is -2.37. The van der Waals surface area contributed by atoms with Crippen molar-refractivity contribution >= 4 is 16.1 Å². The highest BCUT2D eigenvalue weighted by Crippen LogP contribution is 2.46. The number of rotatable bonds is 4. The van der Waals surface area contributed by atoms with E-state index in [1.807, 2.05) is 0 Å². The number of halogens is 3. The summed E-state index contributed by atoms with van der Waals surface area (Å²) in [4.78, 5) is 10.9. The molecule has 0 saturated heterocycles. The molecule has 0 radical (unpaired) electrons. The van der Waals surface area contributed by atoms with Crippen molar-refractivity contribution in [3.05, 3.63) is 11.8 Å². The number of carboxylic acid groups (broad SMARTS) is 1. The maximum Gasteiger partial charge on any atom is 0.534 e. The number of hydrogen-bond donors (Lipinski definition) is 1. The van der Waals surface area contributed by atoms with Crippen molar-refractivity contribution in [2.45, 2.75) is 38.6 Å². The number of carboxylic acids is 1. The van der Waals surface area contributed by atoms with Crippen LogP contribution in [0.3, 0.4) is 0 Å². The van der Waals surface area contributed by atoms with Crippen LogP contribution in [-0.2, 0) is 19.1 Å². The Balaban J connectivity index is 3.14. The van der Waals surface area contributed by atoms with E-state index in [9.17, 15) is 26.4 Å². The van der Waals surface area contributed by atoms with Crippen LogP contribution in [-0.4, -0.2) is 25.0 Å². The largest absolute Gasteiger partial charge is 0.534 e. The molecule has 0 fully saturated rings. The van der Waals surface area contributed by atoms with Gasteiger partial charge in [-0.25, -0.2) is 0 Å². The van der Waals surface area contributed by atoms with E-state index in [1.165, 1.54) is 13.0 Å². The first-order valence-corrected chi connectivity index (χ1v) is 7.24. The van der Waals surface area contributed by atoms with E-state index in [1.54, 1.807) is 6.92 Å². The van der Waals surface area contributed by atoms with Gasteiger partial charge >= 0.3 is 21.6 Å². The summed E-state index contributed by atoms with van der Waals surface area (Å²) in [7, 11) is -5.79. The fourth-order valence-electron chi connectivity index (χ4n) is 2.13. The molecule has 0 spiro atoms. The van der Waals surface area contributed by atoms with E-state index < -0.39 is 39.2 Å². The van der Waals surface area contributed by atoms with Gasteiger partial charge < -0.3 is 9.29 Å². The van der Waals surface area contributed by atoms with Gasteiger partial charge in [0.25, 0.3) is 0 Å². The average Bonchev–Trinajstić information content (AvgIpc) is 2.22. The normalized spacial score (nSPS) is 27.9. The van der Waals surface area contributed by atoms with Crippen molar-refractivity contribution in [1.82, 2.24) is 0 Å². The maximum absolute atomic E-state index is 12.3. The summed E-state index contributed by atoms with van der Waals surface area (Å²) in [5.41, 5.74) is -6.83. The fraction of sp³-hybridized carbons (Fsp3) is 0.727. The summed E-state index contributed by atoms with van der Waals surface area (Å²) >= 11 is 0. The van der Waals surface area contributed by atoms with Crippen LogP contribution in [0.4, 0.5) is 13.2 Å². The first-order chi connectivity index (χ1) is 8.90. The second-order valence-corrected chi connectivity index (χ2v) is 6.56. The highest BCUT2D eigenvalue weighted by molar-refractivity contribution is 7.87. The van der Waals surface area contributed by atoms with Crippen molar-refractivity contribution in [1.29, 1.82) is 0 Å². The highest BCUT2D eigenvalue weighted by atomic mass is 32.2. The third-order valence-electron chi connectivity index (χ3n) is 3.58. The van der Waals surface area contributed by atoms with Crippen LogP contribution in [0.2, 0.25) is 0 Å². The number of carbonyl (C=O) groups is 1. The lowest BCUT2D eigenvalue weighted by Gasteiger charge is -2.38. The Morgan fingerprint density at radius 1 is 1.55 bits per heavy atom. The Morgan fingerprint density at radius 3 is 2.55 bits per heavy atom. The van der Waals surface area contributed by atoms with Gasteiger partial charge in [-0.15, -0.1) is 0 Å². The Morgan fingerprint density at radius 2 is 2.10 bits per heavy atom. The molecule has 0 saturated carbocycles. The van der Waals surface area contributed by atoms with Crippen molar-refractivity contribution in [3.8, 4) is 0 Å². The summed E-state index contributed by atoms with van der Waals surface area (Å²) in [5, 5.41) is 8.87. The molecule has 0 bridgehead atoms. The van der Waals surface area contributed by atoms with Crippen LogP contribution >= 0.6 is 0 Å². The first-order valence-electron chi connectivity index (χ1n) is 5.83. The second-order valence-electron chi connectivity index (χ2n) is 5.02. The summed E-state index contributed by atoms with van der Waals surface area (Å²) in [6.07, 6.45) is 1.58. The van der Waals surface area contributed by atoms with E-state index in [0.717, 1.165) is 0 Å². The molecule has 0 aliphatic heterocycles. The summed E-state index contributed by atoms with van der Waals surface area (Å²) < 4.78 is 63.3. The number of hydrogen-bond acceptors (Lipinski definition) is 4. The van der Waals surface area contributed by atoms with E-state index in [-0.39, 0.29) is 5.92 Å². The van der Waals surface area contributed by atoms with E-state index >= 15 is 0 Å². The maximum atomic E-state index is 12.3. The third-order valence-corrected chi connectivity index (χ3v) is 4.55. The van der Waals surface area contributed by atoms with Gasteiger partial charge in [0.2, 0.25) is 0 Å². The molecule has 0 aromatic rings. The van der Waals surface area contributed by atoms with Crippen molar-refractivity contribution in [2.24, 2.45) is 11.3 Å². The molecule has 0 amide bonds. The number of aliphatic carboxylic acids is 1. The zero-order chi connectivity index (χ0) is 15.8. The van der Waals surface area contributed by atoms with Crippen LogP contribution < -0.4 is 0 Å². The monoisotopic (exact) mass is 316 g/mol. The van der Waals surface area contributed by atoms with Gasteiger partial charge in [-0.2, -0.15) is 21.6 Å². The minimum absolute atomic E-state index is 0.318. The van der Waals surface area contributed by atoms with Crippen LogP contribution in [0.5, 0.6) is 0 Å². The molecule has 9 heteroatoms. The SMILES string of the molecule is C[C@@H]1CCC=C(OS(=O)(=O)C(F)(F)F)[C@@]1(C)CC(=O)O. The van der Waals surface area contributed by atoms with Crippen molar-refractivity contribution in [2.75, 3.05) is 0 Å². The van der Waals surface area contributed by atoms with Crippen molar-refractivity contribution < 1.29 is 35.7 Å². The van der Waals surface area contributed by atoms with Crippen molar-refractivity contribution in [3.63, 3.8) is 0 Å². The predicted molar refractivity (Wildman–Crippen MR) is 62.9 cm³/mol. The average molecular weight is 316 g/mol. The lowest BCUT2D eigenvalue weighted by atomic mass is 9.69. The second kappa shape index (κ2) is 5.27. The molecular weight excluding hydrogens is 301 g/mol. The zero-order valence-corrected chi connectivity index (χ0v) is 11.7. The molecule has 1 N–H and O–H groups in total. The van der Waals surface area contributed by atoms with Crippen LogP contribution in [0.15, 0.2) is 11.8 Å². The topological polar surface area (TPSA) is 80.7 Å². The molecule has 1 rings (SSSR count). The summed E-state index contributed by atoms with van der Waals surface area (Å²) in [6, 6.07) is 0. The summed E-state index contributed by atoms with van der Waals surface area (Å²) in [5.74, 6) is -2.00. The quantitative estimate of drug-likeness (QED) is 0.637. The van der Waals surface area contributed by atoms with Crippen LogP contribution in [0.1, 0.15) is 33.1 Å². The van der Waals surface area contributed by atoms with Gasteiger partial charge in [-0.3, -0.25) is 4.79 Å². The Kier molecular flexibility index (Phi) is 4.42. The number of alkyl halides is 3. The van der Waals surface area contributed by atoms with E-state index in [2.05, 4.69) is 4.18 Å². The molecule has 2 atom stereocenters. The zero-order valence-electron chi connectivity index (χ0n) is 10.9. The standard InChI is InChI=1S/C11H15F3O5S/c1-7-4-3-5-8(10(7,2)6-9(15)16)19-20(17,18)11(12,13)14/h5,7H,3-4,6H2,1-2H3,(H,15,16)/t7-,10+/m1/s1. The molecule has 1 aliphatic rings. The molecule has 0 aromatic carbocycles. The van der Waals surface area contributed by atoms with Gasteiger partial charge in [-0.05, 0) is 24.8 Å². The predicted octanol–water partition coefficient (Wildman–Crippen LogP) is 2.65.